The number of halogens is 2. The Bertz CT molecular complexity index is 467. The van der Waals surface area contributed by atoms with E-state index in [9.17, 15) is 18.4 Å². The third kappa shape index (κ3) is 2.87. The van der Waals surface area contributed by atoms with Crippen molar-refractivity contribution >= 4 is 12.3 Å². The molecule has 1 rings (SSSR count). The van der Waals surface area contributed by atoms with Gasteiger partial charge in [-0.3, -0.25) is 9.59 Å². The Hall–Kier alpha value is -1.78. The minimum absolute atomic E-state index is 0.0323. The molecular formula is C12H12F2O3. The first-order valence-electron chi connectivity index (χ1n) is 4.94. The lowest BCUT2D eigenvalue weighted by Crippen LogP contribution is -2.23. The molecule has 1 aromatic rings. The molecule has 0 radical (unpaired) electrons. The van der Waals surface area contributed by atoms with Gasteiger partial charge in [0.15, 0.2) is 11.6 Å². The Balaban J connectivity index is 3.33. The van der Waals surface area contributed by atoms with Gasteiger partial charge in [0.05, 0.1) is 6.42 Å². The number of carboxylic acid groups (broad SMARTS) is 1. The van der Waals surface area contributed by atoms with Crippen molar-refractivity contribution in [2.24, 2.45) is 0 Å². The van der Waals surface area contributed by atoms with Crippen molar-refractivity contribution in [3.05, 3.63) is 34.9 Å². The van der Waals surface area contributed by atoms with Gasteiger partial charge in [-0.05, 0) is 17.7 Å². The Morgan fingerprint density at radius 2 is 1.88 bits per heavy atom. The molecular weight excluding hydrogens is 230 g/mol. The highest BCUT2D eigenvalue weighted by atomic mass is 19.2. The molecule has 92 valence electrons. The van der Waals surface area contributed by atoms with Crippen molar-refractivity contribution in [2.45, 2.75) is 25.7 Å². The molecule has 0 atom stereocenters. The number of carbonyl (C=O) groups is 2. The molecule has 0 spiro atoms. The molecule has 0 unspecified atom stereocenters. The molecule has 0 amide bonds. The van der Waals surface area contributed by atoms with Gasteiger partial charge in [-0.15, -0.1) is 0 Å². The lowest BCUT2D eigenvalue weighted by molar-refractivity contribution is -0.138. The molecule has 5 heteroatoms. The smallest absolute Gasteiger partial charge is 0.304 e. The van der Waals surface area contributed by atoms with E-state index in [1.807, 2.05) is 0 Å². The van der Waals surface area contributed by atoms with E-state index >= 15 is 0 Å². The summed E-state index contributed by atoms with van der Waals surface area (Å²) < 4.78 is 26.1. The summed E-state index contributed by atoms with van der Waals surface area (Å²) >= 11 is 0. The van der Waals surface area contributed by atoms with E-state index in [0.29, 0.717) is 6.29 Å². The maximum Gasteiger partial charge on any atom is 0.304 e. The van der Waals surface area contributed by atoms with Gasteiger partial charge in [-0.25, -0.2) is 8.78 Å². The SMILES string of the molecule is CC(C)(CC(=O)O)c1cc(F)c(F)cc1C=O. The van der Waals surface area contributed by atoms with Gasteiger partial charge < -0.3 is 5.11 Å². The Labute approximate surface area is 97.1 Å². The second-order valence-electron chi connectivity index (χ2n) is 4.43. The van der Waals surface area contributed by atoms with E-state index in [2.05, 4.69) is 0 Å². The average Bonchev–Trinajstić information content (AvgIpc) is 2.19. The van der Waals surface area contributed by atoms with Crippen LogP contribution >= 0.6 is 0 Å². The number of carboxylic acids is 1. The van der Waals surface area contributed by atoms with Crippen LogP contribution < -0.4 is 0 Å². The standard InChI is InChI=1S/C12H12F2O3/c1-12(2,5-11(16)17)8-4-10(14)9(13)3-7(8)6-15/h3-4,6H,5H2,1-2H3,(H,16,17). The van der Waals surface area contributed by atoms with Crippen molar-refractivity contribution in [2.75, 3.05) is 0 Å². The molecule has 17 heavy (non-hydrogen) atoms. The van der Waals surface area contributed by atoms with Crippen molar-refractivity contribution in [1.82, 2.24) is 0 Å². The molecule has 1 aromatic carbocycles. The fourth-order valence-corrected chi connectivity index (χ4v) is 1.72. The molecule has 0 aliphatic carbocycles. The van der Waals surface area contributed by atoms with Crippen LogP contribution in [0, 0.1) is 11.6 Å². The van der Waals surface area contributed by atoms with Crippen LogP contribution in [0.15, 0.2) is 12.1 Å². The summed E-state index contributed by atoms with van der Waals surface area (Å²) in [6.07, 6.45) is 0.111. The molecule has 0 saturated carbocycles. The average molecular weight is 242 g/mol. The molecule has 0 aliphatic rings. The summed E-state index contributed by atoms with van der Waals surface area (Å²) in [5.74, 6) is -3.29. The minimum Gasteiger partial charge on any atom is -0.481 e. The van der Waals surface area contributed by atoms with E-state index in [1.54, 1.807) is 13.8 Å². The van der Waals surface area contributed by atoms with E-state index < -0.39 is 23.0 Å². The first-order valence-corrected chi connectivity index (χ1v) is 4.94. The monoisotopic (exact) mass is 242 g/mol. The number of rotatable bonds is 4. The number of aliphatic carboxylic acids is 1. The molecule has 0 bridgehead atoms. The summed E-state index contributed by atoms with van der Waals surface area (Å²) in [4.78, 5) is 21.5. The zero-order valence-corrected chi connectivity index (χ0v) is 9.46. The maximum absolute atomic E-state index is 13.1. The largest absolute Gasteiger partial charge is 0.481 e. The van der Waals surface area contributed by atoms with Crippen molar-refractivity contribution < 1.29 is 23.5 Å². The topological polar surface area (TPSA) is 54.4 Å². The van der Waals surface area contributed by atoms with Crippen LogP contribution in [0.2, 0.25) is 0 Å². The van der Waals surface area contributed by atoms with Gasteiger partial charge in [0.25, 0.3) is 0 Å². The zero-order valence-electron chi connectivity index (χ0n) is 9.46. The number of aldehydes is 1. The minimum atomic E-state index is -1.12. The highest BCUT2D eigenvalue weighted by Gasteiger charge is 2.28. The number of hydrogen-bond donors (Lipinski definition) is 1. The Kier molecular flexibility index (Phi) is 3.60. The summed E-state index contributed by atoms with van der Waals surface area (Å²) in [5, 5.41) is 8.74. The van der Waals surface area contributed by atoms with Crippen LogP contribution in [0.4, 0.5) is 8.78 Å². The predicted molar refractivity (Wildman–Crippen MR) is 57.0 cm³/mol. The van der Waals surface area contributed by atoms with Gasteiger partial charge in [0.1, 0.15) is 6.29 Å². The van der Waals surface area contributed by atoms with E-state index in [0.717, 1.165) is 12.1 Å². The quantitative estimate of drug-likeness (QED) is 0.825. The number of hydrogen-bond acceptors (Lipinski definition) is 2. The predicted octanol–water partition coefficient (Wildman–Crippen LogP) is 2.53. The Morgan fingerprint density at radius 3 is 2.35 bits per heavy atom. The molecule has 0 saturated heterocycles. The molecule has 0 aliphatic heterocycles. The summed E-state index contributed by atoms with van der Waals surface area (Å²) in [7, 11) is 0. The van der Waals surface area contributed by atoms with E-state index in [4.69, 9.17) is 5.11 Å². The first kappa shape index (κ1) is 13.3. The van der Waals surface area contributed by atoms with Gasteiger partial charge >= 0.3 is 5.97 Å². The second kappa shape index (κ2) is 4.61. The summed E-state index contributed by atoms with van der Waals surface area (Å²) in [6, 6.07) is 1.66. The van der Waals surface area contributed by atoms with Crippen molar-refractivity contribution in [3.63, 3.8) is 0 Å². The second-order valence-corrected chi connectivity index (χ2v) is 4.43. The molecule has 0 fully saturated rings. The van der Waals surface area contributed by atoms with E-state index in [-0.39, 0.29) is 17.5 Å². The van der Waals surface area contributed by atoms with Crippen LogP contribution in [0.3, 0.4) is 0 Å². The van der Waals surface area contributed by atoms with E-state index in [1.165, 1.54) is 0 Å². The van der Waals surface area contributed by atoms with Crippen molar-refractivity contribution in [1.29, 1.82) is 0 Å². The highest BCUT2D eigenvalue weighted by Crippen LogP contribution is 2.30. The zero-order chi connectivity index (χ0) is 13.2. The fraction of sp³-hybridized carbons (Fsp3) is 0.333. The molecule has 0 aromatic heterocycles. The normalized spacial score (nSPS) is 11.3. The molecule has 1 N–H and O–H groups in total. The van der Waals surface area contributed by atoms with Crippen LogP contribution in [0.25, 0.3) is 0 Å². The van der Waals surface area contributed by atoms with Crippen LogP contribution in [-0.2, 0) is 10.2 Å². The number of benzene rings is 1. The molecule has 0 heterocycles. The molecule has 3 nitrogen and oxygen atoms in total. The van der Waals surface area contributed by atoms with Crippen LogP contribution in [0.5, 0.6) is 0 Å². The maximum atomic E-state index is 13.1. The third-order valence-corrected chi connectivity index (χ3v) is 2.54. The number of carbonyl (C=O) groups excluding carboxylic acids is 1. The van der Waals surface area contributed by atoms with Gasteiger partial charge in [0.2, 0.25) is 0 Å². The Morgan fingerprint density at radius 1 is 1.35 bits per heavy atom. The highest BCUT2D eigenvalue weighted by molar-refractivity contribution is 5.79. The summed E-state index contributed by atoms with van der Waals surface area (Å²) in [5.41, 5.74) is -0.791. The first-order chi connectivity index (χ1) is 7.77. The lowest BCUT2D eigenvalue weighted by Gasteiger charge is -2.24. The van der Waals surface area contributed by atoms with Gasteiger partial charge in [-0.1, -0.05) is 13.8 Å². The van der Waals surface area contributed by atoms with Gasteiger partial charge in [0, 0.05) is 11.0 Å². The third-order valence-electron chi connectivity index (χ3n) is 2.54. The fourth-order valence-electron chi connectivity index (χ4n) is 1.72. The van der Waals surface area contributed by atoms with Gasteiger partial charge in [-0.2, -0.15) is 0 Å². The van der Waals surface area contributed by atoms with Crippen LogP contribution in [0.1, 0.15) is 36.2 Å². The lowest BCUT2D eigenvalue weighted by atomic mass is 9.79. The van der Waals surface area contributed by atoms with Crippen molar-refractivity contribution in [3.8, 4) is 0 Å². The summed E-state index contributed by atoms with van der Waals surface area (Å²) in [6.45, 7) is 3.11. The van der Waals surface area contributed by atoms with Crippen LogP contribution in [-0.4, -0.2) is 17.4 Å².